The Balaban J connectivity index is 2.57. The minimum Gasteiger partial charge on any atom is -0.493 e. The molecule has 4 nitrogen and oxygen atoms in total. The number of nitrogens with zero attached hydrogens (tertiary/aromatic N) is 1. The Morgan fingerprint density at radius 2 is 1.78 bits per heavy atom. The molecular weight excluding hydrogens is 357 g/mol. The molecule has 2 aromatic rings. The molecule has 0 spiro atoms. The highest BCUT2D eigenvalue weighted by Gasteiger charge is 2.33. The largest absolute Gasteiger partial charge is 0.493 e. The fourth-order valence-electron chi connectivity index (χ4n) is 3.32. The molecular formula is C22H30NO3P. The number of rotatable bonds is 10. The predicted molar refractivity (Wildman–Crippen MR) is 116 cm³/mol. The zero-order valence-electron chi connectivity index (χ0n) is 16.9. The maximum atomic E-state index is 5.96. The van der Waals surface area contributed by atoms with E-state index in [1.54, 1.807) is 14.2 Å². The van der Waals surface area contributed by atoms with Crippen LogP contribution >= 0.6 is 8.58 Å². The Morgan fingerprint density at radius 1 is 1.04 bits per heavy atom. The quantitative estimate of drug-likeness (QED) is 0.336. The van der Waals surface area contributed by atoms with E-state index in [1.165, 1.54) is 16.4 Å². The van der Waals surface area contributed by atoms with E-state index in [-0.39, 0.29) is 11.9 Å². The van der Waals surface area contributed by atoms with Gasteiger partial charge in [-0.25, -0.2) is 0 Å². The minimum absolute atomic E-state index is 0.0463. The van der Waals surface area contributed by atoms with Crippen molar-refractivity contribution in [1.29, 1.82) is 0 Å². The molecule has 2 aromatic carbocycles. The molecule has 0 bridgehead atoms. The van der Waals surface area contributed by atoms with E-state index in [1.807, 2.05) is 25.4 Å². The summed E-state index contributed by atoms with van der Waals surface area (Å²) in [5.74, 6) is 1.52. The average molecular weight is 387 g/mol. The third-order valence-electron chi connectivity index (χ3n) is 4.85. The number of para-hydroxylation sites is 1. The topological polar surface area (TPSA) is 40.0 Å². The van der Waals surface area contributed by atoms with Crippen molar-refractivity contribution in [1.82, 2.24) is 0 Å². The first kappa shape index (κ1) is 21.4. The first-order valence-electron chi connectivity index (χ1n) is 9.24. The average Bonchev–Trinajstić information content (AvgIpc) is 2.71. The molecule has 5 heteroatoms. The van der Waals surface area contributed by atoms with Crippen LogP contribution in [0.4, 0.5) is 0 Å². The number of aliphatic imine (C=N–C) groups is 1. The molecule has 0 N–H and O–H groups in total. The highest BCUT2D eigenvalue weighted by Crippen LogP contribution is 2.52. The lowest BCUT2D eigenvalue weighted by molar-refractivity contribution is 0.0479. The van der Waals surface area contributed by atoms with Crippen LogP contribution in [0.3, 0.4) is 0 Å². The Hall–Kier alpha value is -1.90. The molecule has 146 valence electrons. The second-order valence-corrected chi connectivity index (χ2v) is 8.02. The monoisotopic (exact) mass is 387 g/mol. The van der Waals surface area contributed by atoms with Crippen LogP contribution in [0.5, 0.6) is 11.5 Å². The third-order valence-corrected chi connectivity index (χ3v) is 7.03. The summed E-state index contributed by atoms with van der Waals surface area (Å²) in [5.41, 5.74) is 2.34. The number of hydrogen-bond acceptors (Lipinski definition) is 4. The summed E-state index contributed by atoms with van der Waals surface area (Å²) in [4.78, 5) is 4.22. The summed E-state index contributed by atoms with van der Waals surface area (Å²) in [6.45, 7) is 4.68. The molecule has 27 heavy (non-hydrogen) atoms. The van der Waals surface area contributed by atoms with Crippen molar-refractivity contribution in [2.45, 2.75) is 31.8 Å². The maximum absolute atomic E-state index is 5.96. The standard InChI is InChI=1S/C22H30NO3P/c1-6-22(7-2,27-20-14-9-8-11-17(20)15-23-3)18-12-10-13-19(25-5)21(18)26-16-24-4/h8-15,27H,6-7,16H2,1-5H3. The zero-order valence-corrected chi connectivity index (χ0v) is 17.9. The summed E-state index contributed by atoms with van der Waals surface area (Å²) >= 11 is 0. The normalized spacial score (nSPS) is 12.2. The van der Waals surface area contributed by atoms with Crippen LogP contribution in [0.2, 0.25) is 0 Å². The summed E-state index contributed by atoms with van der Waals surface area (Å²) in [6, 6.07) is 14.6. The van der Waals surface area contributed by atoms with Crippen molar-refractivity contribution < 1.29 is 14.2 Å². The van der Waals surface area contributed by atoms with Crippen LogP contribution < -0.4 is 14.8 Å². The molecule has 0 fully saturated rings. The molecule has 1 unspecified atom stereocenters. The molecule has 0 saturated heterocycles. The van der Waals surface area contributed by atoms with E-state index in [0.29, 0.717) is 8.58 Å². The van der Waals surface area contributed by atoms with E-state index >= 15 is 0 Å². The highest BCUT2D eigenvalue weighted by atomic mass is 31.1. The molecule has 0 saturated carbocycles. The summed E-state index contributed by atoms with van der Waals surface area (Å²) in [6.07, 6.45) is 3.93. The molecule has 0 aromatic heterocycles. The lowest BCUT2D eigenvalue weighted by Gasteiger charge is -2.35. The molecule has 0 heterocycles. The van der Waals surface area contributed by atoms with Crippen LogP contribution in [-0.2, 0) is 9.89 Å². The maximum Gasteiger partial charge on any atom is 0.188 e. The van der Waals surface area contributed by atoms with Crippen molar-refractivity contribution in [2.75, 3.05) is 28.1 Å². The third kappa shape index (κ3) is 4.88. The van der Waals surface area contributed by atoms with Gasteiger partial charge in [0.25, 0.3) is 0 Å². The van der Waals surface area contributed by atoms with Gasteiger partial charge in [-0.2, -0.15) is 0 Å². The fraction of sp³-hybridized carbons (Fsp3) is 0.409. The molecule has 0 aliphatic rings. The first-order chi connectivity index (χ1) is 13.2. The van der Waals surface area contributed by atoms with Gasteiger partial charge in [-0.05, 0) is 29.8 Å². The van der Waals surface area contributed by atoms with Gasteiger partial charge in [0.05, 0.1) is 7.11 Å². The molecule has 0 aliphatic carbocycles. The van der Waals surface area contributed by atoms with Gasteiger partial charge in [0, 0.05) is 31.1 Å². The van der Waals surface area contributed by atoms with E-state index < -0.39 is 0 Å². The van der Waals surface area contributed by atoms with E-state index in [4.69, 9.17) is 14.2 Å². The van der Waals surface area contributed by atoms with Crippen LogP contribution in [0.25, 0.3) is 0 Å². The van der Waals surface area contributed by atoms with Gasteiger partial charge < -0.3 is 14.2 Å². The van der Waals surface area contributed by atoms with Gasteiger partial charge in [0.2, 0.25) is 0 Å². The van der Waals surface area contributed by atoms with Crippen LogP contribution in [-0.4, -0.2) is 34.3 Å². The lowest BCUT2D eigenvalue weighted by Crippen LogP contribution is -2.24. The second-order valence-electron chi connectivity index (χ2n) is 6.28. The van der Waals surface area contributed by atoms with E-state index in [0.717, 1.165) is 24.3 Å². The Morgan fingerprint density at radius 3 is 2.41 bits per heavy atom. The Bertz CT molecular complexity index is 757. The molecule has 0 radical (unpaired) electrons. The summed E-state index contributed by atoms with van der Waals surface area (Å²) < 4.78 is 16.7. The van der Waals surface area contributed by atoms with Gasteiger partial charge in [-0.3, -0.25) is 4.99 Å². The number of benzene rings is 2. The van der Waals surface area contributed by atoms with Crippen LogP contribution in [0.15, 0.2) is 47.5 Å². The predicted octanol–water partition coefficient (Wildman–Crippen LogP) is 4.75. The van der Waals surface area contributed by atoms with Crippen molar-refractivity contribution in [3.8, 4) is 11.5 Å². The van der Waals surface area contributed by atoms with E-state index in [2.05, 4.69) is 49.2 Å². The van der Waals surface area contributed by atoms with Crippen molar-refractivity contribution >= 4 is 20.1 Å². The Labute approximate surface area is 164 Å². The van der Waals surface area contributed by atoms with Gasteiger partial charge in [0.1, 0.15) is 0 Å². The van der Waals surface area contributed by atoms with Crippen molar-refractivity contribution in [2.24, 2.45) is 4.99 Å². The number of ether oxygens (including phenoxy) is 3. The molecule has 0 aliphatic heterocycles. The minimum atomic E-state index is -0.0463. The van der Waals surface area contributed by atoms with Gasteiger partial charge >= 0.3 is 0 Å². The number of methoxy groups -OCH3 is 2. The number of hydrogen-bond donors (Lipinski definition) is 0. The van der Waals surface area contributed by atoms with Crippen molar-refractivity contribution in [3.63, 3.8) is 0 Å². The first-order valence-corrected chi connectivity index (χ1v) is 10.2. The smallest absolute Gasteiger partial charge is 0.188 e. The van der Waals surface area contributed by atoms with Crippen LogP contribution in [0, 0.1) is 0 Å². The second kappa shape index (κ2) is 10.4. The molecule has 1 atom stereocenters. The molecule has 0 amide bonds. The Kier molecular flexibility index (Phi) is 8.27. The zero-order chi connectivity index (χ0) is 19.7. The fourth-order valence-corrected chi connectivity index (χ4v) is 4.99. The molecule has 2 rings (SSSR count). The lowest BCUT2D eigenvalue weighted by atomic mass is 9.91. The van der Waals surface area contributed by atoms with Crippen LogP contribution in [0.1, 0.15) is 37.8 Å². The summed E-state index contributed by atoms with van der Waals surface area (Å²) in [5, 5.41) is 1.27. The summed E-state index contributed by atoms with van der Waals surface area (Å²) in [7, 11) is 5.70. The SMILES string of the molecule is CCC(CC)(Pc1ccccc1C=NC)c1cccc(OC)c1OCOC. The van der Waals surface area contributed by atoms with Gasteiger partial charge in [-0.1, -0.05) is 58.8 Å². The van der Waals surface area contributed by atoms with Crippen molar-refractivity contribution in [3.05, 3.63) is 53.6 Å². The van der Waals surface area contributed by atoms with Gasteiger partial charge in [-0.15, -0.1) is 0 Å². The highest BCUT2D eigenvalue weighted by molar-refractivity contribution is 7.48. The van der Waals surface area contributed by atoms with E-state index in [9.17, 15) is 0 Å². The van der Waals surface area contributed by atoms with Gasteiger partial charge in [0.15, 0.2) is 18.3 Å².